The van der Waals surface area contributed by atoms with Gasteiger partial charge >= 0.3 is 0 Å². The van der Waals surface area contributed by atoms with Crippen molar-refractivity contribution in [2.45, 2.75) is 4.90 Å². The molecule has 1 aromatic heterocycles. The number of para-hydroxylation sites is 2. The third-order valence-corrected chi connectivity index (χ3v) is 7.17. The van der Waals surface area contributed by atoms with Gasteiger partial charge in [0.2, 0.25) is 0 Å². The number of hydrogen-bond donors (Lipinski definition) is 3. The Morgan fingerprint density at radius 2 is 1.58 bits per heavy atom. The van der Waals surface area contributed by atoms with Crippen LogP contribution in [0.1, 0.15) is 20.0 Å². The fourth-order valence-corrected chi connectivity index (χ4v) is 5.15. The number of nitrogens with one attached hydrogen (secondary N) is 3. The van der Waals surface area contributed by atoms with Crippen molar-refractivity contribution in [1.82, 2.24) is 10.9 Å². The van der Waals surface area contributed by atoms with E-state index in [2.05, 4.69) is 15.6 Å². The molecule has 33 heavy (non-hydrogen) atoms. The van der Waals surface area contributed by atoms with Crippen LogP contribution < -0.4 is 20.3 Å². The van der Waals surface area contributed by atoms with Gasteiger partial charge in [0.25, 0.3) is 21.8 Å². The first-order valence-electron chi connectivity index (χ1n) is 9.72. The second kappa shape index (κ2) is 9.31. The fraction of sp³-hybridized carbons (Fsp3) is 0.0435. The minimum atomic E-state index is -3.99. The van der Waals surface area contributed by atoms with E-state index in [0.717, 1.165) is 10.1 Å². The summed E-state index contributed by atoms with van der Waals surface area (Å²) < 4.78 is 34.2. The largest absolute Gasteiger partial charge is 0.495 e. The van der Waals surface area contributed by atoms with Crippen LogP contribution in [0.4, 0.5) is 5.69 Å². The van der Waals surface area contributed by atoms with Crippen molar-refractivity contribution in [2.75, 3.05) is 11.8 Å². The zero-order valence-corrected chi connectivity index (χ0v) is 19.0. The highest BCUT2D eigenvalue weighted by molar-refractivity contribution is 7.92. The first-order chi connectivity index (χ1) is 15.9. The molecular formula is C23H19N3O5S2. The molecule has 0 saturated carbocycles. The Labute approximate surface area is 194 Å². The molecule has 168 valence electrons. The summed E-state index contributed by atoms with van der Waals surface area (Å²) in [6, 6.07) is 21.3. The number of rotatable bonds is 6. The summed E-state index contributed by atoms with van der Waals surface area (Å²) in [5.74, 6) is -0.760. The molecule has 0 aliphatic heterocycles. The fourth-order valence-electron chi connectivity index (χ4n) is 3.08. The van der Waals surface area contributed by atoms with E-state index in [4.69, 9.17) is 4.74 Å². The van der Waals surface area contributed by atoms with Gasteiger partial charge in [-0.2, -0.15) is 0 Å². The molecule has 0 aliphatic carbocycles. The summed E-state index contributed by atoms with van der Waals surface area (Å²) in [6.45, 7) is 0. The minimum Gasteiger partial charge on any atom is -0.495 e. The number of sulfonamides is 1. The molecule has 4 rings (SSSR count). The van der Waals surface area contributed by atoms with Crippen LogP contribution in [0.2, 0.25) is 0 Å². The van der Waals surface area contributed by atoms with Crippen molar-refractivity contribution >= 4 is 48.9 Å². The smallest absolute Gasteiger partial charge is 0.279 e. The summed E-state index contributed by atoms with van der Waals surface area (Å²) in [7, 11) is -2.55. The van der Waals surface area contributed by atoms with Crippen LogP contribution in [0.15, 0.2) is 83.8 Å². The molecular weight excluding hydrogens is 462 g/mol. The molecule has 0 saturated heterocycles. The SMILES string of the molecule is COc1ccccc1NS(=O)(=O)c1cccc(C(=O)NNC(=O)c2cc3ccccc3s2)c1. The number of hydrogen-bond acceptors (Lipinski definition) is 6. The Hall–Kier alpha value is -3.89. The van der Waals surface area contributed by atoms with Gasteiger partial charge in [-0.1, -0.05) is 36.4 Å². The number of fused-ring (bicyclic) bond motifs is 1. The van der Waals surface area contributed by atoms with Crippen LogP contribution in [0.3, 0.4) is 0 Å². The van der Waals surface area contributed by atoms with Gasteiger partial charge < -0.3 is 4.74 Å². The van der Waals surface area contributed by atoms with Gasteiger partial charge in [-0.05, 0) is 47.9 Å². The Morgan fingerprint density at radius 3 is 2.36 bits per heavy atom. The topological polar surface area (TPSA) is 114 Å². The summed E-state index contributed by atoms with van der Waals surface area (Å²) in [6.07, 6.45) is 0. The first-order valence-corrected chi connectivity index (χ1v) is 12.0. The Morgan fingerprint density at radius 1 is 0.848 bits per heavy atom. The summed E-state index contributed by atoms with van der Waals surface area (Å²) in [5, 5.41) is 0.930. The second-order valence-electron chi connectivity index (χ2n) is 6.89. The van der Waals surface area contributed by atoms with Gasteiger partial charge in [0.05, 0.1) is 22.6 Å². The highest BCUT2D eigenvalue weighted by Gasteiger charge is 2.19. The number of carbonyl (C=O) groups excluding carboxylic acids is 2. The average Bonchev–Trinajstić information content (AvgIpc) is 3.27. The number of hydrazine groups is 1. The maximum absolute atomic E-state index is 12.8. The van der Waals surface area contributed by atoms with Crippen LogP contribution in [-0.4, -0.2) is 27.3 Å². The number of ether oxygens (including phenoxy) is 1. The number of amides is 2. The number of methoxy groups -OCH3 is 1. The molecule has 1 heterocycles. The van der Waals surface area contributed by atoms with E-state index in [-0.39, 0.29) is 16.1 Å². The van der Waals surface area contributed by atoms with Gasteiger partial charge in [-0.3, -0.25) is 25.2 Å². The molecule has 0 radical (unpaired) electrons. The summed E-state index contributed by atoms with van der Waals surface area (Å²) in [5.41, 5.74) is 5.02. The average molecular weight is 482 g/mol. The predicted octanol–water partition coefficient (Wildman–Crippen LogP) is 3.79. The van der Waals surface area contributed by atoms with Crippen molar-refractivity contribution in [3.8, 4) is 5.75 Å². The molecule has 8 nitrogen and oxygen atoms in total. The van der Waals surface area contributed by atoms with E-state index in [1.807, 2.05) is 24.3 Å². The first kappa shape index (κ1) is 22.3. The van der Waals surface area contributed by atoms with Gasteiger partial charge in [0.1, 0.15) is 5.75 Å². The quantitative estimate of drug-likeness (QED) is 0.363. The van der Waals surface area contributed by atoms with Crippen molar-refractivity contribution in [3.63, 3.8) is 0 Å². The van der Waals surface area contributed by atoms with E-state index in [1.165, 1.54) is 42.7 Å². The highest BCUT2D eigenvalue weighted by Crippen LogP contribution is 2.27. The number of carbonyl (C=O) groups is 2. The van der Waals surface area contributed by atoms with Gasteiger partial charge in [0.15, 0.2) is 0 Å². The molecule has 4 aromatic rings. The molecule has 2 amide bonds. The molecule has 3 aromatic carbocycles. The maximum Gasteiger partial charge on any atom is 0.279 e. The Balaban J connectivity index is 1.46. The lowest BCUT2D eigenvalue weighted by Crippen LogP contribution is -2.41. The third kappa shape index (κ3) is 4.97. The molecule has 0 atom stereocenters. The van der Waals surface area contributed by atoms with E-state index in [1.54, 1.807) is 30.3 Å². The predicted molar refractivity (Wildman–Crippen MR) is 127 cm³/mol. The van der Waals surface area contributed by atoms with Gasteiger partial charge in [-0.25, -0.2) is 8.42 Å². The third-order valence-electron chi connectivity index (χ3n) is 4.70. The Kier molecular flexibility index (Phi) is 6.29. The van der Waals surface area contributed by atoms with Gasteiger partial charge in [-0.15, -0.1) is 11.3 Å². The van der Waals surface area contributed by atoms with E-state index in [0.29, 0.717) is 10.6 Å². The lowest BCUT2D eigenvalue weighted by Gasteiger charge is -2.12. The minimum absolute atomic E-state index is 0.0644. The monoisotopic (exact) mass is 481 g/mol. The van der Waals surface area contributed by atoms with Crippen molar-refractivity contribution in [2.24, 2.45) is 0 Å². The zero-order valence-electron chi connectivity index (χ0n) is 17.4. The molecule has 3 N–H and O–H groups in total. The van der Waals surface area contributed by atoms with Crippen LogP contribution in [0.25, 0.3) is 10.1 Å². The second-order valence-corrected chi connectivity index (χ2v) is 9.66. The molecule has 0 spiro atoms. The van der Waals surface area contributed by atoms with Crippen LogP contribution in [0, 0.1) is 0 Å². The van der Waals surface area contributed by atoms with Crippen molar-refractivity contribution in [1.29, 1.82) is 0 Å². The highest BCUT2D eigenvalue weighted by atomic mass is 32.2. The lowest BCUT2D eigenvalue weighted by atomic mass is 10.2. The van der Waals surface area contributed by atoms with E-state index >= 15 is 0 Å². The molecule has 0 unspecified atom stereocenters. The summed E-state index contributed by atoms with van der Waals surface area (Å²) in [4.78, 5) is 25.3. The molecule has 0 aliphatic rings. The number of thiophene rings is 1. The van der Waals surface area contributed by atoms with Crippen molar-refractivity contribution < 1.29 is 22.7 Å². The number of anilines is 1. The van der Waals surface area contributed by atoms with Gasteiger partial charge in [0, 0.05) is 10.3 Å². The van der Waals surface area contributed by atoms with E-state index in [9.17, 15) is 18.0 Å². The molecule has 0 fully saturated rings. The van der Waals surface area contributed by atoms with E-state index < -0.39 is 21.8 Å². The summed E-state index contributed by atoms with van der Waals surface area (Å²) >= 11 is 1.30. The zero-order chi connectivity index (χ0) is 23.4. The normalized spacial score (nSPS) is 11.1. The van der Waals surface area contributed by atoms with Crippen LogP contribution in [0.5, 0.6) is 5.75 Å². The van der Waals surface area contributed by atoms with Crippen molar-refractivity contribution in [3.05, 3.63) is 89.3 Å². The lowest BCUT2D eigenvalue weighted by molar-refractivity contribution is 0.0849. The molecule has 10 heteroatoms. The maximum atomic E-state index is 12.8. The van der Waals surface area contributed by atoms with Crippen LogP contribution >= 0.6 is 11.3 Å². The molecule has 0 bridgehead atoms. The van der Waals surface area contributed by atoms with Crippen LogP contribution in [-0.2, 0) is 10.0 Å². The Bertz CT molecular complexity index is 1410. The number of benzene rings is 3. The standard InChI is InChI=1S/C23H19N3O5S2/c1-31-19-11-4-3-10-18(19)26-33(29,30)17-9-6-8-16(13-17)22(27)24-25-23(28)21-14-15-7-2-5-12-20(15)32-21/h2-14,26H,1H3,(H,24,27)(H,25,28).